The minimum atomic E-state index is 0.150. The zero-order valence-electron chi connectivity index (χ0n) is 13.3. The summed E-state index contributed by atoms with van der Waals surface area (Å²) in [5.41, 5.74) is 3.62. The summed E-state index contributed by atoms with van der Waals surface area (Å²) in [6.45, 7) is 4.05. The minimum Gasteiger partial charge on any atom is -0.505 e. The third-order valence-corrected chi connectivity index (χ3v) is 4.88. The fourth-order valence-electron chi connectivity index (χ4n) is 2.76. The van der Waals surface area contributed by atoms with Gasteiger partial charge in [-0.3, -0.25) is 0 Å². The van der Waals surface area contributed by atoms with Gasteiger partial charge in [0.25, 0.3) is 0 Å². The van der Waals surface area contributed by atoms with Crippen LogP contribution in [0.15, 0.2) is 58.8 Å². The smallest absolute Gasteiger partial charge is 0.231 e. The molecule has 1 heterocycles. The van der Waals surface area contributed by atoms with Crippen molar-refractivity contribution in [2.24, 2.45) is 10.2 Å². The van der Waals surface area contributed by atoms with Crippen LogP contribution in [0.1, 0.15) is 11.1 Å². The molecule has 24 heavy (non-hydrogen) atoms. The Balaban J connectivity index is 1.77. The molecular weight excluding hydrogens is 318 g/mol. The first-order valence-electron chi connectivity index (χ1n) is 7.62. The molecule has 0 bridgehead atoms. The number of nitrogens with zero attached hydrogens (tertiary/aromatic N) is 3. The van der Waals surface area contributed by atoms with E-state index in [2.05, 4.69) is 28.2 Å². The van der Waals surface area contributed by atoms with Crippen LogP contribution >= 0.6 is 11.3 Å². The molecule has 0 spiro atoms. The first-order valence-corrected chi connectivity index (χ1v) is 8.44. The summed E-state index contributed by atoms with van der Waals surface area (Å²) in [6, 6.07) is 15.7. The summed E-state index contributed by atoms with van der Waals surface area (Å²) in [6.07, 6.45) is 0. The topological polar surface area (TPSA) is 57.8 Å². The summed E-state index contributed by atoms with van der Waals surface area (Å²) < 4.78 is 1.09. The van der Waals surface area contributed by atoms with Crippen LogP contribution in [0.3, 0.4) is 0 Å². The number of rotatable bonds is 2. The van der Waals surface area contributed by atoms with Crippen LogP contribution in [0.5, 0.6) is 5.75 Å². The first kappa shape index (κ1) is 14.8. The van der Waals surface area contributed by atoms with Crippen molar-refractivity contribution in [2.45, 2.75) is 13.8 Å². The predicted octanol–water partition coefficient (Wildman–Crippen LogP) is 6.19. The van der Waals surface area contributed by atoms with Crippen molar-refractivity contribution in [1.29, 1.82) is 0 Å². The molecule has 1 N–H and O–H groups in total. The molecule has 0 aliphatic rings. The van der Waals surface area contributed by atoms with Crippen molar-refractivity contribution in [3.05, 3.63) is 59.7 Å². The van der Waals surface area contributed by atoms with Crippen LogP contribution < -0.4 is 0 Å². The summed E-state index contributed by atoms with van der Waals surface area (Å²) in [4.78, 5) is 4.46. The van der Waals surface area contributed by atoms with Crippen LogP contribution in [0.2, 0.25) is 0 Å². The lowest BCUT2D eigenvalue weighted by molar-refractivity contribution is 0.482. The van der Waals surface area contributed by atoms with Crippen LogP contribution in [-0.2, 0) is 0 Å². The van der Waals surface area contributed by atoms with Crippen LogP contribution in [0, 0.1) is 13.8 Å². The maximum Gasteiger partial charge on any atom is 0.231 e. The van der Waals surface area contributed by atoms with Gasteiger partial charge in [-0.1, -0.05) is 41.7 Å². The van der Waals surface area contributed by atoms with E-state index in [9.17, 15) is 5.11 Å². The highest BCUT2D eigenvalue weighted by Gasteiger charge is 2.09. The van der Waals surface area contributed by atoms with E-state index in [-0.39, 0.29) is 5.75 Å². The average Bonchev–Trinajstić information content (AvgIpc) is 2.99. The largest absolute Gasteiger partial charge is 0.505 e. The molecule has 3 aromatic carbocycles. The fraction of sp³-hybridized carbons (Fsp3) is 0.105. The molecule has 0 aliphatic carbocycles. The van der Waals surface area contributed by atoms with Crippen LogP contribution in [0.4, 0.5) is 10.8 Å². The molecule has 0 amide bonds. The summed E-state index contributed by atoms with van der Waals surface area (Å²) in [5.74, 6) is 0.150. The number of hydrogen-bond acceptors (Lipinski definition) is 5. The quantitative estimate of drug-likeness (QED) is 0.445. The molecule has 4 nitrogen and oxygen atoms in total. The Morgan fingerprint density at radius 3 is 2.58 bits per heavy atom. The van der Waals surface area contributed by atoms with Crippen LogP contribution in [0.25, 0.3) is 21.0 Å². The molecule has 4 aromatic rings. The Morgan fingerprint density at radius 1 is 0.958 bits per heavy atom. The van der Waals surface area contributed by atoms with Crippen molar-refractivity contribution < 1.29 is 5.11 Å². The molecule has 118 valence electrons. The lowest BCUT2D eigenvalue weighted by atomic mass is 10.0. The molecule has 5 heteroatoms. The van der Waals surface area contributed by atoms with E-state index < -0.39 is 0 Å². The lowest BCUT2D eigenvalue weighted by Crippen LogP contribution is -1.80. The molecule has 0 saturated carbocycles. The van der Waals surface area contributed by atoms with Crippen LogP contribution in [-0.4, -0.2) is 10.1 Å². The van der Waals surface area contributed by atoms with Crippen molar-refractivity contribution in [1.82, 2.24) is 4.98 Å². The van der Waals surface area contributed by atoms with Crippen molar-refractivity contribution >= 4 is 43.1 Å². The second-order valence-electron chi connectivity index (χ2n) is 5.77. The van der Waals surface area contributed by atoms with Crippen molar-refractivity contribution in [3.8, 4) is 5.75 Å². The van der Waals surface area contributed by atoms with Gasteiger partial charge in [0.05, 0.1) is 10.2 Å². The van der Waals surface area contributed by atoms with Gasteiger partial charge < -0.3 is 5.11 Å². The SMILES string of the molecule is Cc1ccc2nc(N=Nc3cc(C)c4ccccc4c3O)sc2c1. The number of aromatic hydroxyl groups is 1. The van der Waals surface area contributed by atoms with Gasteiger partial charge >= 0.3 is 0 Å². The number of thiazole rings is 1. The third kappa shape index (κ3) is 2.53. The molecule has 0 atom stereocenters. The van der Waals surface area contributed by atoms with E-state index in [1.807, 2.05) is 49.4 Å². The highest BCUT2D eigenvalue weighted by molar-refractivity contribution is 7.21. The number of azo groups is 1. The molecule has 0 radical (unpaired) electrons. The summed E-state index contributed by atoms with van der Waals surface area (Å²) in [7, 11) is 0. The van der Waals surface area contributed by atoms with Gasteiger partial charge in [-0.25, -0.2) is 4.98 Å². The third-order valence-electron chi connectivity index (χ3n) is 3.98. The molecule has 1 aromatic heterocycles. The Hall–Kier alpha value is -2.79. The van der Waals surface area contributed by atoms with E-state index in [1.54, 1.807) is 0 Å². The van der Waals surface area contributed by atoms with Gasteiger partial charge in [0, 0.05) is 5.39 Å². The Kier molecular flexibility index (Phi) is 3.50. The number of benzene rings is 3. The van der Waals surface area contributed by atoms with Gasteiger partial charge in [0.2, 0.25) is 5.13 Å². The number of aryl methyl sites for hydroxylation is 2. The number of hydrogen-bond donors (Lipinski definition) is 1. The fourth-order valence-corrected chi connectivity index (χ4v) is 3.64. The average molecular weight is 333 g/mol. The zero-order valence-corrected chi connectivity index (χ0v) is 14.1. The molecule has 4 rings (SSSR count). The number of aromatic nitrogens is 1. The monoisotopic (exact) mass is 333 g/mol. The minimum absolute atomic E-state index is 0.150. The maximum absolute atomic E-state index is 10.5. The van der Waals surface area contributed by atoms with E-state index >= 15 is 0 Å². The first-order chi connectivity index (χ1) is 11.6. The normalized spacial score (nSPS) is 11.8. The van der Waals surface area contributed by atoms with Crippen molar-refractivity contribution in [2.75, 3.05) is 0 Å². The van der Waals surface area contributed by atoms with E-state index in [0.29, 0.717) is 10.8 Å². The van der Waals surface area contributed by atoms with Gasteiger partial charge in [0.15, 0.2) is 5.75 Å². The van der Waals surface area contributed by atoms with E-state index in [1.165, 1.54) is 16.9 Å². The predicted molar refractivity (Wildman–Crippen MR) is 98.9 cm³/mol. The van der Waals surface area contributed by atoms with Gasteiger partial charge in [-0.2, -0.15) is 0 Å². The maximum atomic E-state index is 10.5. The molecule has 0 aliphatic heterocycles. The van der Waals surface area contributed by atoms with Gasteiger partial charge in [-0.15, -0.1) is 10.2 Å². The molecule has 0 fully saturated rings. The van der Waals surface area contributed by atoms with E-state index in [0.717, 1.165) is 26.6 Å². The Labute approximate surface area is 143 Å². The lowest BCUT2D eigenvalue weighted by Gasteiger charge is -2.06. The number of fused-ring (bicyclic) bond motifs is 2. The Bertz CT molecular complexity index is 1100. The van der Waals surface area contributed by atoms with Crippen molar-refractivity contribution in [3.63, 3.8) is 0 Å². The number of phenolic OH excluding ortho intramolecular Hbond substituents is 1. The van der Waals surface area contributed by atoms with Gasteiger partial charge in [-0.05, 0) is 48.6 Å². The summed E-state index contributed by atoms with van der Waals surface area (Å²) >= 11 is 1.49. The zero-order chi connectivity index (χ0) is 16.7. The standard InChI is InChI=1S/C19H15N3OS/c1-11-7-8-15-17(9-11)24-19(20-15)22-21-16-10-12(2)13-5-3-4-6-14(13)18(16)23/h3-10,23H,1-2H3. The second kappa shape index (κ2) is 5.69. The molecule has 0 unspecified atom stereocenters. The van der Waals surface area contributed by atoms with Gasteiger partial charge in [0.1, 0.15) is 5.69 Å². The number of phenols is 1. The Morgan fingerprint density at radius 2 is 1.75 bits per heavy atom. The molecule has 0 saturated heterocycles. The highest BCUT2D eigenvalue weighted by Crippen LogP contribution is 2.38. The second-order valence-corrected chi connectivity index (χ2v) is 6.78. The molecular formula is C19H15N3OS. The highest BCUT2D eigenvalue weighted by atomic mass is 32.1. The summed E-state index contributed by atoms with van der Waals surface area (Å²) in [5, 5.41) is 21.3. The van der Waals surface area contributed by atoms with E-state index in [4.69, 9.17) is 0 Å².